The van der Waals surface area contributed by atoms with Crippen molar-refractivity contribution in [2.45, 2.75) is 26.7 Å². The van der Waals surface area contributed by atoms with Crippen LogP contribution in [0.3, 0.4) is 0 Å². The maximum atomic E-state index is 13.0. The van der Waals surface area contributed by atoms with E-state index in [0.29, 0.717) is 60.3 Å². The van der Waals surface area contributed by atoms with Gasteiger partial charge in [-0.1, -0.05) is 17.7 Å². The maximum Gasteiger partial charge on any atom is 0.309 e. The second kappa shape index (κ2) is 11.6. The molecule has 2 aliphatic rings. The fraction of sp³-hybridized carbons (Fsp3) is 0.407. The molecule has 1 fully saturated rings. The van der Waals surface area contributed by atoms with Crippen molar-refractivity contribution < 1.29 is 33.4 Å². The van der Waals surface area contributed by atoms with Crippen LogP contribution >= 0.6 is 11.6 Å². The molecule has 10 heteroatoms. The second-order valence-corrected chi connectivity index (χ2v) is 9.41. The van der Waals surface area contributed by atoms with E-state index >= 15 is 0 Å². The van der Waals surface area contributed by atoms with Gasteiger partial charge in [-0.3, -0.25) is 24.1 Å². The highest BCUT2D eigenvalue weighted by molar-refractivity contribution is 6.32. The molecule has 0 bridgehead atoms. The van der Waals surface area contributed by atoms with E-state index in [1.54, 1.807) is 36.1 Å². The number of amides is 2. The lowest BCUT2D eigenvalue weighted by atomic mass is 9.97. The van der Waals surface area contributed by atoms with Gasteiger partial charge in [-0.15, -0.1) is 0 Å². The molecule has 2 aliphatic heterocycles. The monoisotopic (exact) mass is 528 g/mol. The minimum atomic E-state index is -0.380. The van der Waals surface area contributed by atoms with Crippen molar-refractivity contribution in [3.63, 3.8) is 0 Å². The summed E-state index contributed by atoms with van der Waals surface area (Å²) in [4.78, 5) is 53.6. The van der Waals surface area contributed by atoms with E-state index in [4.69, 9.17) is 25.8 Å². The number of carbonyl (C=O) groups is 4. The molecule has 0 unspecified atom stereocenters. The summed E-state index contributed by atoms with van der Waals surface area (Å²) in [6.45, 7) is 4.16. The molecule has 0 radical (unpaired) electrons. The topological polar surface area (TPSA) is 102 Å². The largest absolute Gasteiger partial charge is 0.484 e. The van der Waals surface area contributed by atoms with Crippen LogP contribution in [0.4, 0.5) is 5.69 Å². The molecule has 196 valence electrons. The van der Waals surface area contributed by atoms with Crippen LogP contribution in [-0.4, -0.2) is 67.9 Å². The second-order valence-electron chi connectivity index (χ2n) is 9.00. The quantitative estimate of drug-likeness (QED) is 0.382. The number of ether oxygens (including phenoxy) is 3. The molecule has 2 aromatic carbocycles. The van der Waals surface area contributed by atoms with E-state index in [0.717, 1.165) is 5.56 Å². The molecule has 2 amide bonds. The number of rotatable bonds is 8. The van der Waals surface area contributed by atoms with Gasteiger partial charge in [0.05, 0.1) is 23.2 Å². The van der Waals surface area contributed by atoms with Crippen LogP contribution in [0.25, 0.3) is 0 Å². The van der Waals surface area contributed by atoms with Gasteiger partial charge in [0.25, 0.3) is 5.91 Å². The zero-order chi connectivity index (χ0) is 26.5. The van der Waals surface area contributed by atoms with E-state index in [9.17, 15) is 19.2 Å². The summed E-state index contributed by atoms with van der Waals surface area (Å²) in [5.74, 6) is -0.575. The SMILES string of the molecule is CCOC(=O)C1CCN(C(=O)CN2C(=O)COc3ccc(C(=O)COc4cc(C)ccc4Cl)cc32)CC1. The molecule has 9 nitrogen and oxygen atoms in total. The van der Waals surface area contributed by atoms with Gasteiger partial charge in [0.1, 0.15) is 18.0 Å². The lowest BCUT2D eigenvalue weighted by molar-refractivity contribution is -0.151. The van der Waals surface area contributed by atoms with Crippen LogP contribution in [0.5, 0.6) is 11.5 Å². The van der Waals surface area contributed by atoms with Crippen molar-refractivity contribution in [2.75, 3.05) is 44.4 Å². The number of Topliss-reactive ketones (excluding diaryl/α,β-unsaturated/α-hetero) is 1. The van der Waals surface area contributed by atoms with Crippen LogP contribution < -0.4 is 14.4 Å². The standard InChI is InChI=1S/C27H29ClN2O7/c1-3-35-27(34)18-8-10-29(11-9-18)25(32)14-30-21-13-19(5-7-23(21)37-16-26(30)33)22(31)15-36-24-12-17(2)4-6-20(24)28/h4-7,12-13,18H,3,8-11,14-16H2,1-2H3. The number of likely N-dealkylation sites (tertiary alicyclic amines) is 1. The number of carbonyl (C=O) groups excluding carboxylic acids is 4. The molecule has 0 saturated carbocycles. The summed E-state index contributed by atoms with van der Waals surface area (Å²) in [6, 6.07) is 10.0. The third-order valence-electron chi connectivity index (χ3n) is 6.43. The Hall–Kier alpha value is -3.59. The molecule has 0 N–H and O–H groups in total. The fourth-order valence-corrected chi connectivity index (χ4v) is 4.53. The van der Waals surface area contributed by atoms with Crippen molar-refractivity contribution in [1.29, 1.82) is 0 Å². The molecule has 37 heavy (non-hydrogen) atoms. The Morgan fingerprint density at radius 2 is 1.86 bits per heavy atom. The lowest BCUT2D eigenvalue weighted by Gasteiger charge is -2.34. The zero-order valence-corrected chi connectivity index (χ0v) is 21.6. The van der Waals surface area contributed by atoms with E-state index in [2.05, 4.69) is 0 Å². The smallest absolute Gasteiger partial charge is 0.309 e. The van der Waals surface area contributed by atoms with Crippen LogP contribution in [0.1, 0.15) is 35.7 Å². The Labute approximate surface area is 220 Å². The third kappa shape index (κ3) is 6.22. The number of hydrogen-bond donors (Lipinski definition) is 0. The van der Waals surface area contributed by atoms with E-state index in [-0.39, 0.29) is 49.2 Å². The number of aryl methyl sites for hydroxylation is 1. The molecule has 1 saturated heterocycles. The number of fused-ring (bicyclic) bond motifs is 1. The van der Waals surface area contributed by atoms with Gasteiger partial charge in [-0.2, -0.15) is 0 Å². The van der Waals surface area contributed by atoms with Crippen molar-refractivity contribution >= 4 is 40.9 Å². The predicted octanol–water partition coefficient (Wildman–Crippen LogP) is 3.44. The summed E-state index contributed by atoms with van der Waals surface area (Å²) in [5, 5.41) is 0.402. The van der Waals surface area contributed by atoms with Crippen LogP contribution in [0, 0.1) is 12.8 Å². The molecule has 2 heterocycles. The average Bonchev–Trinajstić information content (AvgIpc) is 2.90. The summed E-state index contributed by atoms with van der Waals surface area (Å²) < 4.78 is 16.2. The molecule has 0 aromatic heterocycles. The number of piperidine rings is 1. The van der Waals surface area contributed by atoms with Gasteiger partial charge < -0.3 is 19.1 Å². The summed E-state index contributed by atoms with van der Waals surface area (Å²) >= 11 is 6.15. The Kier molecular flexibility index (Phi) is 8.33. The maximum absolute atomic E-state index is 13.0. The minimum absolute atomic E-state index is 0.188. The lowest BCUT2D eigenvalue weighted by Crippen LogP contribution is -2.49. The highest BCUT2D eigenvalue weighted by atomic mass is 35.5. The Morgan fingerprint density at radius 1 is 1.11 bits per heavy atom. The van der Waals surface area contributed by atoms with Gasteiger partial charge in [0, 0.05) is 18.7 Å². The molecule has 0 spiro atoms. The third-order valence-corrected chi connectivity index (χ3v) is 6.74. The Balaban J connectivity index is 1.43. The first-order valence-electron chi connectivity index (χ1n) is 12.2. The Morgan fingerprint density at radius 3 is 2.59 bits per heavy atom. The van der Waals surface area contributed by atoms with E-state index < -0.39 is 0 Å². The minimum Gasteiger partial charge on any atom is -0.484 e. The molecular formula is C27H29ClN2O7. The normalized spacial score (nSPS) is 15.6. The molecule has 0 aliphatic carbocycles. The number of hydrogen-bond acceptors (Lipinski definition) is 7. The first-order valence-corrected chi connectivity index (χ1v) is 12.6. The van der Waals surface area contributed by atoms with E-state index in [1.165, 1.54) is 11.0 Å². The first-order chi connectivity index (χ1) is 17.8. The van der Waals surface area contributed by atoms with Gasteiger partial charge in [-0.25, -0.2) is 0 Å². The molecular weight excluding hydrogens is 500 g/mol. The zero-order valence-electron chi connectivity index (χ0n) is 20.8. The number of anilines is 1. The number of nitrogens with zero attached hydrogens (tertiary/aromatic N) is 2. The highest BCUT2D eigenvalue weighted by Gasteiger charge is 2.32. The number of esters is 1. The summed E-state index contributed by atoms with van der Waals surface area (Å²) in [6.07, 6.45) is 1.03. The van der Waals surface area contributed by atoms with Crippen LogP contribution in [0.15, 0.2) is 36.4 Å². The highest BCUT2D eigenvalue weighted by Crippen LogP contribution is 2.34. The van der Waals surface area contributed by atoms with Crippen LogP contribution in [0.2, 0.25) is 5.02 Å². The number of benzene rings is 2. The molecule has 2 aromatic rings. The van der Waals surface area contributed by atoms with Gasteiger partial charge in [-0.05, 0) is 62.6 Å². The fourth-order valence-electron chi connectivity index (χ4n) is 4.36. The van der Waals surface area contributed by atoms with Gasteiger partial charge in [0.15, 0.2) is 19.0 Å². The number of halogens is 1. The number of ketones is 1. The molecule has 0 atom stereocenters. The van der Waals surface area contributed by atoms with Crippen molar-refractivity contribution in [3.05, 3.63) is 52.5 Å². The van der Waals surface area contributed by atoms with Crippen molar-refractivity contribution in [3.8, 4) is 11.5 Å². The van der Waals surface area contributed by atoms with Crippen molar-refractivity contribution in [2.24, 2.45) is 5.92 Å². The van der Waals surface area contributed by atoms with E-state index in [1.807, 2.05) is 13.0 Å². The first kappa shape index (κ1) is 26.5. The average molecular weight is 529 g/mol. The van der Waals surface area contributed by atoms with Gasteiger partial charge in [0.2, 0.25) is 5.91 Å². The Bertz CT molecular complexity index is 1210. The molecule has 4 rings (SSSR count). The van der Waals surface area contributed by atoms with Gasteiger partial charge >= 0.3 is 5.97 Å². The summed E-state index contributed by atoms with van der Waals surface area (Å²) in [7, 11) is 0. The van der Waals surface area contributed by atoms with Crippen molar-refractivity contribution in [1.82, 2.24) is 4.90 Å². The predicted molar refractivity (Wildman–Crippen MR) is 136 cm³/mol. The summed E-state index contributed by atoms with van der Waals surface area (Å²) in [5.41, 5.74) is 1.61. The van der Waals surface area contributed by atoms with Crippen LogP contribution in [-0.2, 0) is 19.1 Å².